The molecule has 0 saturated heterocycles. The lowest BCUT2D eigenvalue weighted by Crippen LogP contribution is -2.11. The summed E-state index contributed by atoms with van der Waals surface area (Å²) < 4.78 is 10.1. The molecule has 1 aromatic rings. The highest BCUT2D eigenvalue weighted by molar-refractivity contribution is 5.68. The Hall–Kier alpha value is -2.08. The van der Waals surface area contributed by atoms with Gasteiger partial charge in [-0.25, -0.2) is 4.79 Å². The maximum absolute atomic E-state index is 11.7. The van der Waals surface area contributed by atoms with Crippen LogP contribution in [0.4, 0.5) is 0 Å². The van der Waals surface area contributed by atoms with Gasteiger partial charge in [-0.2, -0.15) is 0 Å². The second-order valence-corrected chi connectivity index (χ2v) is 4.53. The van der Waals surface area contributed by atoms with Gasteiger partial charge >= 0.3 is 11.6 Å². The quantitative estimate of drug-likeness (QED) is 0.823. The molecule has 110 valence electrons. The molecule has 0 aliphatic rings. The molecule has 0 radical (unpaired) electrons. The minimum Gasteiger partial charge on any atom is -0.496 e. The van der Waals surface area contributed by atoms with E-state index in [1.165, 1.54) is 13.2 Å². The number of carboxylic acid groups (broad SMARTS) is 1. The molecule has 1 aromatic heterocycles. The van der Waals surface area contributed by atoms with Crippen LogP contribution in [0.1, 0.15) is 31.6 Å². The number of hydrogen-bond acceptors (Lipinski definition) is 5. The maximum Gasteiger partial charge on any atom is 0.345 e. The Balaban J connectivity index is 3.14. The molecule has 0 aromatic carbocycles. The van der Waals surface area contributed by atoms with Crippen molar-refractivity contribution in [1.29, 1.82) is 0 Å². The number of ether oxygens (including phenoxy) is 1. The Morgan fingerprint density at radius 1 is 1.55 bits per heavy atom. The third kappa shape index (κ3) is 3.96. The van der Waals surface area contributed by atoms with Gasteiger partial charge in [0.05, 0.1) is 20.1 Å². The first-order chi connectivity index (χ1) is 9.38. The normalized spacial score (nSPS) is 13.1. The minimum atomic E-state index is -0.892. The molecule has 20 heavy (non-hydrogen) atoms. The molecule has 0 bridgehead atoms. The van der Waals surface area contributed by atoms with Gasteiger partial charge in [-0.3, -0.25) is 4.79 Å². The predicted octanol–water partition coefficient (Wildman–Crippen LogP) is 1.65. The number of allylic oxidation sites excluding steroid dienone is 2. The molecule has 1 unspecified atom stereocenters. The van der Waals surface area contributed by atoms with E-state index < -0.39 is 18.2 Å². The summed E-state index contributed by atoms with van der Waals surface area (Å²) in [7, 11) is 1.39. The molecule has 1 atom stereocenters. The highest BCUT2D eigenvalue weighted by Gasteiger charge is 2.13. The molecule has 0 aliphatic heterocycles. The van der Waals surface area contributed by atoms with Crippen LogP contribution in [-0.2, 0) is 11.4 Å². The van der Waals surface area contributed by atoms with Gasteiger partial charge in [-0.1, -0.05) is 13.0 Å². The number of aliphatic carboxylic acids is 1. The molecule has 2 N–H and O–H groups in total. The van der Waals surface area contributed by atoms with E-state index >= 15 is 0 Å². The number of methoxy groups -OCH3 is 1. The largest absolute Gasteiger partial charge is 0.496 e. The van der Waals surface area contributed by atoms with Gasteiger partial charge in [0.1, 0.15) is 17.1 Å². The van der Waals surface area contributed by atoms with Crippen LogP contribution < -0.4 is 10.4 Å². The molecule has 0 saturated carbocycles. The Morgan fingerprint density at radius 2 is 2.20 bits per heavy atom. The predicted molar refractivity (Wildman–Crippen MR) is 72.5 cm³/mol. The first-order valence-electron chi connectivity index (χ1n) is 6.11. The molecule has 0 spiro atoms. The van der Waals surface area contributed by atoms with Gasteiger partial charge in [-0.05, 0) is 18.4 Å². The van der Waals surface area contributed by atoms with Crippen LogP contribution in [0.5, 0.6) is 5.75 Å². The molecule has 6 heteroatoms. The standard InChI is InChI=1S/C14H18O6/c1-8(5-13(16)17)4-9(2)11-6-12(19-3)10(7-15)14(18)20-11/h4,6,8,15H,5,7H2,1-3H3,(H,16,17)/b9-4+. The van der Waals surface area contributed by atoms with Crippen molar-refractivity contribution in [3.63, 3.8) is 0 Å². The first kappa shape index (κ1) is 16.0. The summed E-state index contributed by atoms with van der Waals surface area (Å²) in [4.78, 5) is 22.3. The van der Waals surface area contributed by atoms with E-state index in [1.807, 2.05) is 0 Å². The highest BCUT2D eigenvalue weighted by Crippen LogP contribution is 2.23. The van der Waals surface area contributed by atoms with Crippen LogP contribution in [0.25, 0.3) is 5.57 Å². The summed E-state index contributed by atoms with van der Waals surface area (Å²) in [5.74, 6) is -0.545. The summed E-state index contributed by atoms with van der Waals surface area (Å²) in [5, 5.41) is 17.8. The Kier molecular flexibility index (Phi) is 5.52. The summed E-state index contributed by atoms with van der Waals surface area (Å²) in [6, 6.07) is 1.51. The lowest BCUT2D eigenvalue weighted by molar-refractivity contribution is -0.137. The number of carboxylic acids is 1. The van der Waals surface area contributed by atoms with E-state index in [9.17, 15) is 9.59 Å². The van der Waals surface area contributed by atoms with Crippen molar-refractivity contribution in [3.05, 3.63) is 33.9 Å². The molecule has 0 fully saturated rings. The summed E-state index contributed by atoms with van der Waals surface area (Å²) in [6.45, 7) is 3.01. The van der Waals surface area contributed by atoms with E-state index in [-0.39, 0.29) is 23.7 Å². The lowest BCUT2D eigenvalue weighted by atomic mass is 10.0. The van der Waals surface area contributed by atoms with Gasteiger partial charge in [0.2, 0.25) is 0 Å². The van der Waals surface area contributed by atoms with Gasteiger partial charge in [0.15, 0.2) is 0 Å². The molecule has 0 amide bonds. The second-order valence-electron chi connectivity index (χ2n) is 4.53. The van der Waals surface area contributed by atoms with Crippen LogP contribution in [0.2, 0.25) is 0 Å². The van der Waals surface area contributed by atoms with Crippen molar-refractivity contribution in [3.8, 4) is 5.75 Å². The molecular formula is C14H18O6. The van der Waals surface area contributed by atoms with Gasteiger partial charge in [0.25, 0.3) is 0 Å². The zero-order valence-corrected chi connectivity index (χ0v) is 11.7. The van der Waals surface area contributed by atoms with Crippen LogP contribution in [0.3, 0.4) is 0 Å². The van der Waals surface area contributed by atoms with Crippen LogP contribution >= 0.6 is 0 Å². The van der Waals surface area contributed by atoms with Crippen molar-refractivity contribution in [2.75, 3.05) is 7.11 Å². The van der Waals surface area contributed by atoms with Gasteiger partial charge in [-0.15, -0.1) is 0 Å². The molecule has 6 nitrogen and oxygen atoms in total. The summed E-state index contributed by atoms with van der Waals surface area (Å²) in [5.41, 5.74) is 0.0294. The van der Waals surface area contributed by atoms with E-state index in [2.05, 4.69) is 0 Å². The van der Waals surface area contributed by atoms with Gasteiger partial charge < -0.3 is 19.4 Å². The molecule has 1 heterocycles. The number of aliphatic hydroxyl groups is 1. The van der Waals surface area contributed by atoms with Crippen molar-refractivity contribution < 1.29 is 24.2 Å². The molecular weight excluding hydrogens is 264 g/mol. The number of rotatable bonds is 6. The van der Waals surface area contributed by atoms with Crippen LogP contribution in [0, 0.1) is 5.92 Å². The smallest absolute Gasteiger partial charge is 0.345 e. The maximum atomic E-state index is 11.7. The van der Waals surface area contributed by atoms with Crippen molar-refractivity contribution >= 4 is 11.5 Å². The summed E-state index contributed by atoms with van der Waals surface area (Å²) >= 11 is 0. The third-order valence-corrected chi connectivity index (χ3v) is 2.81. The average molecular weight is 282 g/mol. The average Bonchev–Trinajstić information content (AvgIpc) is 2.36. The molecule has 1 rings (SSSR count). The number of hydrogen-bond donors (Lipinski definition) is 2. The highest BCUT2D eigenvalue weighted by atomic mass is 16.5. The Labute approximate surface area is 116 Å². The van der Waals surface area contributed by atoms with E-state index in [0.717, 1.165) is 0 Å². The minimum absolute atomic E-state index is 0.00652. The SMILES string of the molecule is COc1cc(/C(C)=C/C(C)CC(=O)O)oc(=O)c1CO. The van der Waals surface area contributed by atoms with Gasteiger partial charge in [0, 0.05) is 6.07 Å². The van der Waals surface area contributed by atoms with E-state index in [1.54, 1.807) is 19.9 Å². The zero-order valence-electron chi connectivity index (χ0n) is 11.7. The number of aliphatic hydroxyl groups excluding tert-OH is 1. The van der Waals surface area contributed by atoms with E-state index in [0.29, 0.717) is 11.3 Å². The summed E-state index contributed by atoms with van der Waals surface area (Å²) in [6.07, 6.45) is 1.71. The fraction of sp³-hybridized carbons (Fsp3) is 0.429. The third-order valence-electron chi connectivity index (χ3n) is 2.81. The zero-order chi connectivity index (χ0) is 15.3. The first-order valence-corrected chi connectivity index (χ1v) is 6.11. The van der Waals surface area contributed by atoms with Crippen LogP contribution in [0.15, 0.2) is 21.4 Å². The monoisotopic (exact) mass is 282 g/mol. The Bertz CT molecular complexity index is 570. The Morgan fingerprint density at radius 3 is 2.70 bits per heavy atom. The second kappa shape index (κ2) is 6.91. The number of carbonyl (C=O) groups is 1. The lowest BCUT2D eigenvalue weighted by Gasteiger charge is -2.09. The fourth-order valence-electron chi connectivity index (χ4n) is 1.86. The van der Waals surface area contributed by atoms with Crippen molar-refractivity contribution in [1.82, 2.24) is 0 Å². The van der Waals surface area contributed by atoms with Crippen molar-refractivity contribution in [2.24, 2.45) is 5.92 Å². The molecule has 0 aliphatic carbocycles. The van der Waals surface area contributed by atoms with E-state index in [4.69, 9.17) is 19.4 Å². The topological polar surface area (TPSA) is 97.0 Å². The fourth-order valence-corrected chi connectivity index (χ4v) is 1.86. The van der Waals surface area contributed by atoms with Crippen molar-refractivity contribution in [2.45, 2.75) is 26.9 Å². The van der Waals surface area contributed by atoms with Crippen LogP contribution in [-0.4, -0.2) is 23.3 Å².